The average Bonchev–Trinajstić information content (AvgIpc) is 2.70. The fourth-order valence-corrected chi connectivity index (χ4v) is 3.47. The summed E-state index contributed by atoms with van der Waals surface area (Å²) in [5.41, 5.74) is 3.73. The van der Waals surface area contributed by atoms with Crippen LogP contribution in [0.1, 0.15) is 5.82 Å². The number of fused-ring (bicyclic) bond motifs is 2. The highest BCUT2D eigenvalue weighted by molar-refractivity contribution is 9.11. The molecule has 0 bridgehead atoms. The molecule has 27 heavy (non-hydrogen) atoms. The second-order valence-electron chi connectivity index (χ2n) is 6.19. The molecule has 3 aromatic carbocycles. The number of hydrogen-bond donors (Lipinski definition) is 0. The van der Waals surface area contributed by atoms with Gasteiger partial charge in [0.2, 0.25) is 0 Å². The normalized spacial score (nSPS) is 11.7. The van der Waals surface area contributed by atoms with Crippen molar-refractivity contribution in [3.8, 4) is 11.3 Å². The zero-order chi connectivity index (χ0) is 18.8. The number of halogens is 1. The van der Waals surface area contributed by atoms with E-state index in [2.05, 4.69) is 77.6 Å². The van der Waals surface area contributed by atoms with Gasteiger partial charge in [0.1, 0.15) is 0 Å². The van der Waals surface area contributed by atoms with Crippen molar-refractivity contribution in [2.75, 3.05) is 0 Å². The molecule has 1 heterocycles. The SMILES string of the molecule is C=C/C(=C\C(=C)Br)c1nc(-c2cccc3ccccc23)c2ccccc2n1. The molecule has 4 aromatic rings. The Morgan fingerprint density at radius 3 is 2.33 bits per heavy atom. The first-order valence-electron chi connectivity index (χ1n) is 8.61. The quantitative estimate of drug-likeness (QED) is 0.339. The van der Waals surface area contributed by atoms with Crippen molar-refractivity contribution in [2.45, 2.75) is 0 Å². The van der Waals surface area contributed by atoms with Gasteiger partial charge in [-0.3, -0.25) is 0 Å². The van der Waals surface area contributed by atoms with Crippen molar-refractivity contribution >= 4 is 43.2 Å². The minimum Gasteiger partial charge on any atom is -0.228 e. The first kappa shape index (κ1) is 17.4. The number of rotatable bonds is 4. The highest BCUT2D eigenvalue weighted by atomic mass is 79.9. The molecule has 3 heteroatoms. The maximum Gasteiger partial charge on any atom is 0.160 e. The zero-order valence-corrected chi connectivity index (χ0v) is 16.3. The van der Waals surface area contributed by atoms with Gasteiger partial charge in [0.25, 0.3) is 0 Å². The smallest absolute Gasteiger partial charge is 0.160 e. The summed E-state index contributed by atoms with van der Waals surface area (Å²) in [7, 11) is 0. The van der Waals surface area contributed by atoms with Crippen LogP contribution in [-0.2, 0) is 0 Å². The van der Waals surface area contributed by atoms with Gasteiger partial charge in [-0.2, -0.15) is 0 Å². The molecule has 0 atom stereocenters. The topological polar surface area (TPSA) is 25.8 Å². The van der Waals surface area contributed by atoms with Crippen LogP contribution in [0.2, 0.25) is 0 Å². The third-order valence-electron chi connectivity index (χ3n) is 4.44. The van der Waals surface area contributed by atoms with Crippen LogP contribution in [0.5, 0.6) is 0 Å². The van der Waals surface area contributed by atoms with Crippen molar-refractivity contribution in [1.29, 1.82) is 0 Å². The molecule has 130 valence electrons. The second-order valence-corrected chi connectivity index (χ2v) is 7.21. The van der Waals surface area contributed by atoms with Crippen molar-refractivity contribution in [1.82, 2.24) is 9.97 Å². The number of hydrogen-bond acceptors (Lipinski definition) is 2. The third kappa shape index (κ3) is 3.34. The van der Waals surface area contributed by atoms with Crippen LogP contribution >= 0.6 is 15.9 Å². The largest absolute Gasteiger partial charge is 0.228 e. The summed E-state index contributed by atoms with van der Waals surface area (Å²) in [5.74, 6) is 0.632. The van der Waals surface area contributed by atoms with Gasteiger partial charge in [0.15, 0.2) is 5.82 Å². The van der Waals surface area contributed by atoms with E-state index in [9.17, 15) is 0 Å². The molecule has 0 saturated carbocycles. The third-order valence-corrected chi connectivity index (χ3v) is 4.67. The monoisotopic (exact) mass is 412 g/mol. The molecule has 1 aromatic heterocycles. The highest BCUT2D eigenvalue weighted by Gasteiger charge is 2.13. The molecule has 0 spiro atoms. The standard InChI is InChI=1S/C24H17BrN2/c1-3-17(15-16(2)25)24-26-22-14-7-6-12-21(22)23(27-24)20-13-8-10-18-9-4-5-11-19(18)20/h3-15H,1-2H2/b17-15+. The summed E-state index contributed by atoms with van der Waals surface area (Å²) < 4.78 is 0.751. The molecule has 0 saturated heterocycles. The molecule has 4 rings (SSSR count). The fraction of sp³-hybridized carbons (Fsp3) is 0. The molecule has 0 aliphatic carbocycles. The average molecular weight is 413 g/mol. The molecule has 0 amide bonds. The molecule has 0 unspecified atom stereocenters. The molecule has 0 aliphatic rings. The number of nitrogens with zero attached hydrogens (tertiary/aromatic N) is 2. The lowest BCUT2D eigenvalue weighted by Gasteiger charge is -2.12. The van der Waals surface area contributed by atoms with E-state index in [0.29, 0.717) is 5.82 Å². The van der Waals surface area contributed by atoms with Crippen molar-refractivity contribution in [3.05, 3.63) is 102 Å². The molecular weight excluding hydrogens is 396 g/mol. The number of allylic oxidation sites excluding steroid dienone is 4. The summed E-state index contributed by atoms with van der Waals surface area (Å²) in [4.78, 5) is 9.69. The molecule has 2 nitrogen and oxygen atoms in total. The van der Waals surface area contributed by atoms with E-state index in [0.717, 1.165) is 32.2 Å². The second kappa shape index (κ2) is 7.29. The summed E-state index contributed by atoms with van der Waals surface area (Å²) in [6.07, 6.45) is 3.63. The van der Waals surface area contributed by atoms with Crippen molar-refractivity contribution < 1.29 is 0 Å². The first-order valence-corrected chi connectivity index (χ1v) is 9.40. The summed E-state index contributed by atoms with van der Waals surface area (Å²) in [6, 6.07) is 22.7. The van der Waals surface area contributed by atoms with Crippen LogP contribution in [0.4, 0.5) is 0 Å². The Morgan fingerprint density at radius 1 is 0.852 bits per heavy atom. The summed E-state index contributed by atoms with van der Waals surface area (Å²) in [6.45, 7) is 7.80. The van der Waals surface area contributed by atoms with E-state index in [4.69, 9.17) is 9.97 Å². The Bertz CT molecular complexity index is 1220. The van der Waals surface area contributed by atoms with E-state index in [1.165, 1.54) is 10.8 Å². The Morgan fingerprint density at radius 2 is 1.56 bits per heavy atom. The van der Waals surface area contributed by atoms with E-state index in [1.807, 2.05) is 24.3 Å². The van der Waals surface area contributed by atoms with Crippen molar-refractivity contribution in [3.63, 3.8) is 0 Å². The van der Waals surface area contributed by atoms with Gasteiger partial charge in [-0.15, -0.1) is 0 Å². The fourth-order valence-electron chi connectivity index (χ4n) is 3.23. The van der Waals surface area contributed by atoms with Crippen molar-refractivity contribution in [2.24, 2.45) is 0 Å². The first-order chi connectivity index (χ1) is 13.2. The highest BCUT2D eigenvalue weighted by Crippen LogP contribution is 2.33. The van der Waals surface area contributed by atoms with Crippen LogP contribution in [0.25, 0.3) is 38.5 Å². The predicted octanol–water partition coefficient (Wildman–Crippen LogP) is 6.93. The minimum atomic E-state index is 0.632. The maximum atomic E-state index is 4.93. The predicted molar refractivity (Wildman–Crippen MR) is 119 cm³/mol. The van der Waals surface area contributed by atoms with Crippen LogP contribution in [0, 0.1) is 0 Å². The van der Waals surface area contributed by atoms with Gasteiger partial charge < -0.3 is 0 Å². The Labute approximate surface area is 166 Å². The molecule has 0 radical (unpaired) electrons. The molecule has 0 aliphatic heterocycles. The van der Waals surface area contributed by atoms with Crippen LogP contribution in [0.3, 0.4) is 0 Å². The Balaban J connectivity index is 2.08. The summed E-state index contributed by atoms with van der Waals surface area (Å²) >= 11 is 3.38. The van der Waals surface area contributed by atoms with E-state index in [1.54, 1.807) is 6.08 Å². The Hall–Kier alpha value is -3.04. The number of para-hydroxylation sites is 1. The van der Waals surface area contributed by atoms with Crippen LogP contribution in [0.15, 0.2) is 96.5 Å². The lowest BCUT2D eigenvalue weighted by Crippen LogP contribution is -1.98. The molecule has 0 fully saturated rings. The number of aromatic nitrogens is 2. The van der Waals surface area contributed by atoms with Crippen LogP contribution < -0.4 is 0 Å². The van der Waals surface area contributed by atoms with Gasteiger partial charge in [0, 0.05) is 21.0 Å². The van der Waals surface area contributed by atoms with E-state index < -0.39 is 0 Å². The van der Waals surface area contributed by atoms with E-state index >= 15 is 0 Å². The number of benzene rings is 3. The van der Waals surface area contributed by atoms with E-state index in [-0.39, 0.29) is 0 Å². The molecule has 0 N–H and O–H groups in total. The van der Waals surface area contributed by atoms with Gasteiger partial charge in [0.05, 0.1) is 11.2 Å². The lowest BCUT2D eigenvalue weighted by atomic mass is 9.99. The maximum absolute atomic E-state index is 4.93. The van der Waals surface area contributed by atoms with Gasteiger partial charge in [-0.1, -0.05) is 95.8 Å². The van der Waals surface area contributed by atoms with Gasteiger partial charge in [-0.25, -0.2) is 9.97 Å². The Kier molecular flexibility index (Phi) is 4.69. The van der Waals surface area contributed by atoms with Gasteiger partial charge in [-0.05, 0) is 22.9 Å². The lowest BCUT2D eigenvalue weighted by molar-refractivity contribution is 1.17. The summed E-state index contributed by atoms with van der Waals surface area (Å²) in [5, 5.41) is 3.38. The minimum absolute atomic E-state index is 0.632. The molecular formula is C24H17BrN2. The van der Waals surface area contributed by atoms with Crippen LogP contribution in [-0.4, -0.2) is 9.97 Å². The van der Waals surface area contributed by atoms with Gasteiger partial charge >= 0.3 is 0 Å². The zero-order valence-electron chi connectivity index (χ0n) is 14.7.